The molecule has 0 radical (unpaired) electrons. The van der Waals surface area contributed by atoms with E-state index >= 15 is 0 Å². The molecule has 1 heterocycles. The maximum absolute atomic E-state index is 3.52. The molecule has 20 heavy (non-hydrogen) atoms. The van der Waals surface area contributed by atoms with Crippen LogP contribution in [0.3, 0.4) is 0 Å². The van der Waals surface area contributed by atoms with Gasteiger partial charge in [-0.05, 0) is 71.4 Å². The minimum Gasteiger partial charge on any atom is -0.316 e. The molecule has 1 N–H and O–H groups in total. The van der Waals surface area contributed by atoms with Crippen LogP contribution in [-0.2, 0) is 0 Å². The van der Waals surface area contributed by atoms with Gasteiger partial charge in [0, 0.05) is 12.6 Å². The predicted octanol–water partition coefficient (Wildman–Crippen LogP) is 2.82. The Morgan fingerprint density at radius 1 is 1.25 bits per heavy atom. The predicted molar refractivity (Wildman–Crippen MR) is 89.3 cm³/mol. The minimum atomic E-state index is 0.772. The van der Waals surface area contributed by atoms with E-state index in [2.05, 4.69) is 42.9 Å². The summed E-state index contributed by atoms with van der Waals surface area (Å²) in [7, 11) is 2.29. The second-order valence-corrected chi connectivity index (χ2v) is 6.85. The Hall–Kier alpha value is -0.120. The molecule has 1 aliphatic heterocycles. The third-order valence-electron chi connectivity index (χ3n) is 4.37. The van der Waals surface area contributed by atoms with E-state index in [1.807, 2.05) is 0 Å². The van der Waals surface area contributed by atoms with Gasteiger partial charge >= 0.3 is 0 Å². The molecule has 0 spiro atoms. The van der Waals surface area contributed by atoms with Crippen LogP contribution < -0.4 is 5.32 Å². The molecule has 1 atom stereocenters. The van der Waals surface area contributed by atoms with Crippen LogP contribution in [0.25, 0.3) is 0 Å². The lowest BCUT2D eigenvalue weighted by molar-refractivity contribution is 0.197. The average Bonchev–Trinajstić information content (AvgIpc) is 2.84. The quantitative estimate of drug-likeness (QED) is 0.588. The fourth-order valence-corrected chi connectivity index (χ4v) is 3.17. The summed E-state index contributed by atoms with van der Waals surface area (Å²) in [5.41, 5.74) is 0. The summed E-state index contributed by atoms with van der Waals surface area (Å²) in [6.07, 6.45) is 6.83. The van der Waals surface area contributed by atoms with Crippen molar-refractivity contribution in [1.82, 2.24) is 15.1 Å². The Kier molecular flexibility index (Phi) is 9.49. The summed E-state index contributed by atoms with van der Waals surface area (Å²) in [5, 5.41) is 3.52. The molecule has 120 valence electrons. The first kappa shape index (κ1) is 17.9. The molecule has 3 heteroatoms. The van der Waals surface area contributed by atoms with Crippen molar-refractivity contribution < 1.29 is 0 Å². The van der Waals surface area contributed by atoms with E-state index in [4.69, 9.17) is 0 Å². The molecule has 1 fully saturated rings. The second-order valence-electron chi connectivity index (χ2n) is 6.85. The third kappa shape index (κ3) is 7.61. The number of rotatable bonds is 11. The van der Waals surface area contributed by atoms with Gasteiger partial charge in [0.05, 0.1) is 0 Å². The second kappa shape index (κ2) is 10.6. The first-order valence-corrected chi connectivity index (χ1v) is 8.76. The maximum Gasteiger partial charge on any atom is 0.0223 e. The Morgan fingerprint density at radius 3 is 2.75 bits per heavy atom. The van der Waals surface area contributed by atoms with E-state index in [1.165, 1.54) is 64.8 Å². The molecular formula is C17H37N3. The van der Waals surface area contributed by atoms with E-state index in [-0.39, 0.29) is 0 Å². The van der Waals surface area contributed by atoms with Crippen LogP contribution in [0, 0.1) is 5.92 Å². The van der Waals surface area contributed by atoms with Gasteiger partial charge in [-0.3, -0.25) is 4.90 Å². The Bertz CT molecular complexity index is 230. The van der Waals surface area contributed by atoms with Gasteiger partial charge in [0.2, 0.25) is 0 Å². The lowest BCUT2D eigenvalue weighted by Gasteiger charge is -2.27. The summed E-state index contributed by atoms with van der Waals surface area (Å²) in [6, 6.07) is 0.817. The summed E-state index contributed by atoms with van der Waals surface area (Å²) in [6.45, 7) is 14.2. The molecule has 0 aliphatic carbocycles. The van der Waals surface area contributed by atoms with Crippen LogP contribution >= 0.6 is 0 Å². The number of hydrogen-bond donors (Lipinski definition) is 1. The fourth-order valence-electron chi connectivity index (χ4n) is 3.17. The fraction of sp³-hybridized carbons (Fsp3) is 1.00. The van der Waals surface area contributed by atoms with Crippen molar-refractivity contribution in [1.29, 1.82) is 0 Å². The topological polar surface area (TPSA) is 18.5 Å². The van der Waals surface area contributed by atoms with Crippen LogP contribution in [0.15, 0.2) is 0 Å². The first-order valence-electron chi connectivity index (χ1n) is 8.76. The van der Waals surface area contributed by atoms with E-state index in [0.29, 0.717) is 0 Å². The van der Waals surface area contributed by atoms with Crippen molar-refractivity contribution in [2.45, 2.75) is 58.9 Å². The zero-order chi connectivity index (χ0) is 14.8. The van der Waals surface area contributed by atoms with Gasteiger partial charge in [0.15, 0.2) is 0 Å². The van der Waals surface area contributed by atoms with Crippen molar-refractivity contribution in [3.63, 3.8) is 0 Å². The van der Waals surface area contributed by atoms with Crippen LogP contribution in [-0.4, -0.2) is 62.2 Å². The van der Waals surface area contributed by atoms with Crippen molar-refractivity contribution in [2.75, 3.05) is 46.3 Å². The largest absolute Gasteiger partial charge is 0.316 e. The van der Waals surface area contributed by atoms with Gasteiger partial charge in [-0.25, -0.2) is 0 Å². The lowest BCUT2D eigenvalue weighted by Crippen LogP contribution is -2.39. The minimum absolute atomic E-state index is 0.772. The van der Waals surface area contributed by atoms with Gasteiger partial charge < -0.3 is 10.2 Å². The zero-order valence-electron chi connectivity index (χ0n) is 14.3. The molecule has 1 saturated heterocycles. The van der Waals surface area contributed by atoms with Gasteiger partial charge in [0.1, 0.15) is 0 Å². The average molecular weight is 284 g/mol. The van der Waals surface area contributed by atoms with Crippen LogP contribution in [0.1, 0.15) is 52.9 Å². The van der Waals surface area contributed by atoms with Crippen LogP contribution in [0.4, 0.5) is 0 Å². The zero-order valence-corrected chi connectivity index (χ0v) is 14.3. The Labute approximate surface area is 127 Å². The van der Waals surface area contributed by atoms with Crippen LogP contribution in [0.2, 0.25) is 0 Å². The Balaban J connectivity index is 1.96. The van der Waals surface area contributed by atoms with Crippen molar-refractivity contribution >= 4 is 0 Å². The van der Waals surface area contributed by atoms with E-state index in [0.717, 1.165) is 18.5 Å². The highest BCUT2D eigenvalue weighted by molar-refractivity contribution is 4.80. The normalized spacial score (nSPS) is 20.4. The van der Waals surface area contributed by atoms with Gasteiger partial charge in [-0.1, -0.05) is 27.2 Å². The van der Waals surface area contributed by atoms with Gasteiger partial charge in [-0.15, -0.1) is 0 Å². The highest BCUT2D eigenvalue weighted by Crippen LogP contribution is 2.17. The SMILES string of the molecule is CCN1CCCC1CN(C)CCCCCNCC(C)C. The molecular weight excluding hydrogens is 246 g/mol. The number of likely N-dealkylation sites (tertiary alicyclic amines) is 1. The van der Waals surface area contributed by atoms with E-state index in [1.54, 1.807) is 0 Å². The van der Waals surface area contributed by atoms with Gasteiger partial charge in [-0.2, -0.15) is 0 Å². The summed E-state index contributed by atoms with van der Waals surface area (Å²) in [5.74, 6) is 0.772. The molecule has 3 nitrogen and oxygen atoms in total. The number of hydrogen-bond acceptors (Lipinski definition) is 3. The number of nitrogens with one attached hydrogen (secondary N) is 1. The van der Waals surface area contributed by atoms with Crippen LogP contribution in [0.5, 0.6) is 0 Å². The third-order valence-corrected chi connectivity index (χ3v) is 4.37. The number of nitrogens with zero attached hydrogens (tertiary/aromatic N) is 2. The van der Waals surface area contributed by atoms with Crippen molar-refractivity contribution in [3.05, 3.63) is 0 Å². The first-order chi connectivity index (χ1) is 9.63. The molecule has 0 aromatic heterocycles. The van der Waals surface area contributed by atoms with E-state index in [9.17, 15) is 0 Å². The molecule has 0 bridgehead atoms. The number of likely N-dealkylation sites (N-methyl/N-ethyl adjacent to an activating group) is 2. The summed E-state index contributed by atoms with van der Waals surface area (Å²) < 4.78 is 0. The van der Waals surface area contributed by atoms with Crippen molar-refractivity contribution in [2.24, 2.45) is 5.92 Å². The Morgan fingerprint density at radius 2 is 2.05 bits per heavy atom. The highest BCUT2D eigenvalue weighted by Gasteiger charge is 2.23. The van der Waals surface area contributed by atoms with Crippen molar-refractivity contribution in [3.8, 4) is 0 Å². The smallest absolute Gasteiger partial charge is 0.0223 e. The van der Waals surface area contributed by atoms with Gasteiger partial charge in [0.25, 0.3) is 0 Å². The standard InChI is InChI=1S/C17H37N3/c1-5-20-13-9-10-17(20)15-19(4)12-8-6-7-11-18-14-16(2)3/h16-18H,5-15H2,1-4H3. The maximum atomic E-state index is 3.52. The summed E-state index contributed by atoms with van der Waals surface area (Å²) >= 11 is 0. The molecule has 0 aromatic rings. The molecule has 1 aliphatic rings. The molecule has 0 amide bonds. The molecule has 1 unspecified atom stereocenters. The molecule has 0 aromatic carbocycles. The summed E-state index contributed by atoms with van der Waals surface area (Å²) in [4.78, 5) is 5.19. The highest BCUT2D eigenvalue weighted by atomic mass is 15.2. The molecule has 1 rings (SSSR count). The lowest BCUT2D eigenvalue weighted by atomic mass is 10.2. The van der Waals surface area contributed by atoms with E-state index < -0.39 is 0 Å². The molecule has 0 saturated carbocycles. The monoisotopic (exact) mass is 283 g/mol. The number of unbranched alkanes of at least 4 members (excludes halogenated alkanes) is 2.